The number of halogens is 1. The van der Waals surface area contributed by atoms with Crippen molar-refractivity contribution < 1.29 is 9.53 Å². The maximum absolute atomic E-state index is 12.4. The molecule has 4 heteroatoms. The van der Waals surface area contributed by atoms with E-state index in [1.807, 2.05) is 18.2 Å². The van der Waals surface area contributed by atoms with Crippen molar-refractivity contribution in [1.82, 2.24) is 5.32 Å². The van der Waals surface area contributed by atoms with Crippen LogP contribution < -0.4 is 5.32 Å². The minimum Gasteiger partial charge on any atom is -0.381 e. The Morgan fingerprint density at radius 1 is 1.09 bits per heavy atom. The van der Waals surface area contributed by atoms with Crippen molar-refractivity contribution in [3.63, 3.8) is 0 Å². The normalized spacial score (nSPS) is 16.7. The maximum Gasteiger partial charge on any atom is 0.251 e. The summed E-state index contributed by atoms with van der Waals surface area (Å²) in [5.41, 5.74) is 1.79. The van der Waals surface area contributed by atoms with Gasteiger partial charge in [0.05, 0.1) is 0 Å². The summed E-state index contributed by atoms with van der Waals surface area (Å²) >= 11 is 5.96. The molecule has 3 nitrogen and oxygen atoms in total. The Balaban J connectivity index is 1.76. The van der Waals surface area contributed by atoms with Crippen LogP contribution in [-0.4, -0.2) is 25.7 Å². The molecule has 0 bridgehead atoms. The summed E-state index contributed by atoms with van der Waals surface area (Å²) in [6.07, 6.45) is 1.82. The van der Waals surface area contributed by atoms with Crippen LogP contribution in [0.3, 0.4) is 0 Å². The van der Waals surface area contributed by atoms with E-state index in [2.05, 4.69) is 17.4 Å². The zero-order chi connectivity index (χ0) is 16.1. The molecule has 2 aromatic carbocycles. The molecule has 1 saturated heterocycles. The van der Waals surface area contributed by atoms with Crippen molar-refractivity contribution in [2.75, 3.05) is 19.8 Å². The largest absolute Gasteiger partial charge is 0.381 e. The second-order valence-electron chi connectivity index (χ2n) is 5.95. The summed E-state index contributed by atoms with van der Waals surface area (Å²) in [6.45, 7) is 2.05. The van der Waals surface area contributed by atoms with Crippen molar-refractivity contribution in [2.45, 2.75) is 18.3 Å². The zero-order valence-electron chi connectivity index (χ0n) is 12.9. The standard InChI is InChI=1S/C19H20ClNO2/c20-17-8-4-5-15(13-17)18(22)21-14-19(9-11-23-12-10-19)16-6-2-1-3-7-16/h1-8,13H,9-12,14H2,(H,21,22). The fourth-order valence-electron chi connectivity index (χ4n) is 3.10. The quantitative estimate of drug-likeness (QED) is 0.926. The van der Waals surface area contributed by atoms with Crippen molar-refractivity contribution >= 4 is 17.5 Å². The van der Waals surface area contributed by atoms with Gasteiger partial charge in [0.25, 0.3) is 5.91 Å². The molecule has 1 N–H and O–H groups in total. The highest BCUT2D eigenvalue weighted by atomic mass is 35.5. The monoisotopic (exact) mass is 329 g/mol. The molecule has 120 valence electrons. The van der Waals surface area contributed by atoms with E-state index in [1.54, 1.807) is 24.3 Å². The molecule has 23 heavy (non-hydrogen) atoms. The van der Waals surface area contributed by atoms with E-state index in [9.17, 15) is 4.79 Å². The molecule has 1 amide bonds. The molecular formula is C19H20ClNO2. The fraction of sp³-hybridized carbons (Fsp3) is 0.316. The number of benzene rings is 2. The maximum atomic E-state index is 12.4. The lowest BCUT2D eigenvalue weighted by Crippen LogP contribution is -2.44. The van der Waals surface area contributed by atoms with Crippen LogP contribution in [-0.2, 0) is 10.2 Å². The molecule has 1 aliphatic heterocycles. The molecule has 0 unspecified atom stereocenters. The number of hydrogen-bond acceptors (Lipinski definition) is 2. The first-order valence-electron chi connectivity index (χ1n) is 7.87. The molecule has 0 saturated carbocycles. The third-order valence-electron chi connectivity index (χ3n) is 4.51. The van der Waals surface area contributed by atoms with Gasteiger partial charge in [-0.1, -0.05) is 48.0 Å². The zero-order valence-corrected chi connectivity index (χ0v) is 13.7. The fourth-order valence-corrected chi connectivity index (χ4v) is 3.29. The smallest absolute Gasteiger partial charge is 0.251 e. The minimum atomic E-state index is -0.0886. The highest BCUT2D eigenvalue weighted by molar-refractivity contribution is 6.30. The van der Waals surface area contributed by atoms with Gasteiger partial charge in [-0.3, -0.25) is 4.79 Å². The topological polar surface area (TPSA) is 38.3 Å². The molecule has 0 aliphatic carbocycles. The van der Waals surface area contributed by atoms with Gasteiger partial charge in [-0.2, -0.15) is 0 Å². The van der Waals surface area contributed by atoms with Crippen LogP contribution in [0.4, 0.5) is 0 Å². The Morgan fingerprint density at radius 2 is 1.83 bits per heavy atom. The molecule has 0 aromatic heterocycles. The van der Waals surface area contributed by atoms with E-state index in [1.165, 1.54) is 5.56 Å². The van der Waals surface area contributed by atoms with Gasteiger partial charge in [0, 0.05) is 35.8 Å². The van der Waals surface area contributed by atoms with Crippen LogP contribution in [0, 0.1) is 0 Å². The number of ether oxygens (including phenoxy) is 1. The lowest BCUT2D eigenvalue weighted by Gasteiger charge is -2.38. The van der Waals surface area contributed by atoms with E-state index in [-0.39, 0.29) is 11.3 Å². The van der Waals surface area contributed by atoms with Crippen molar-refractivity contribution in [3.8, 4) is 0 Å². The van der Waals surface area contributed by atoms with E-state index >= 15 is 0 Å². The average Bonchev–Trinajstić information content (AvgIpc) is 2.61. The van der Waals surface area contributed by atoms with Crippen LogP contribution in [0.2, 0.25) is 5.02 Å². The predicted molar refractivity (Wildman–Crippen MR) is 92.0 cm³/mol. The first-order chi connectivity index (χ1) is 11.2. The van der Waals surface area contributed by atoms with Crippen molar-refractivity contribution in [2.24, 2.45) is 0 Å². The second kappa shape index (κ2) is 7.16. The summed E-state index contributed by atoms with van der Waals surface area (Å²) in [4.78, 5) is 12.4. The Labute approximate surface area is 141 Å². The number of nitrogens with one attached hydrogen (secondary N) is 1. The molecule has 0 radical (unpaired) electrons. The van der Waals surface area contributed by atoms with Gasteiger partial charge in [-0.05, 0) is 36.6 Å². The number of amides is 1. The van der Waals surface area contributed by atoms with Gasteiger partial charge in [0.15, 0.2) is 0 Å². The van der Waals surface area contributed by atoms with E-state index in [0.717, 1.165) is 26.1 Å². The number of rotatable bonds is 4. The predicted octanol–water partition coefficient (Wildman–Crippen LogP) is 3.82. The molecule has 2 aromatic rings. The first kappa shape index (κ1) is 16.0. The molecule has 1 fully saturated rings. The molecule has 0 atom stereocenters. The summed E-state index contributed by atoms with van der Waals surface area (Å²) in [5.74, 6) is -0.0886. The van der Waals surface area contributed by atoms with Crippen LogP contribution in [0.15, 0.2) is 54.6 Å². The average molecular weight is 330 g/mol. The summed E-state index contributed by atoms with van der Waals surface area (Å²) in [7, 11) is 0. The number of carbonyl (C=O) groups is 1. The third kappa shape index (κ3) is 3.74. The number of carbonyl (C=O) groups excluding carboxylic acids is 1. The molecule has 1 aliphatic rings. The first-order valence-corrected chi connectivity index (χ1v) is 8.24. The van der Waals surface area contributed by atoms with E-state index in [4.69, 9.17) is 16.3 Å². The van der Waals surface area contributed by atoms with E-state index < -0.39 is 0 Å². The SMILES string of the molecule is O=C(NCC1(c2ccccc2)CCOCC1)c1cccc(Cl)c1. The van der Waals surface area contributed by atoms with Gasteiger partial charge >= 0.3 is 0 Å². The highest BCUT2D eigenvalue weighted by Gasteiger charge is 2.34. The molecular weight excluding hydrogens is 310 g/mol. The highest BCUT2D eigenvalue weighted by Crippen LogP contribution is 2.34. The Kier molecular flexibility index (Phi) is 4.99. The summed E-state index contributed by atoms with van der Waals surface area (Å²) < 4.78 is 5.52. The molecule has 3 rings (SSSR count). The third-order valence-corrected chi connectivity index (χ3v) is 4.75. The second-order valence-corrected chi connectivity index (χ2v) is 6.39. The summed E-state index contributed by atoms with van der Waals surface area (Å²) in [5, 5.41) is 3.65. The van der Waals surface area contributed by atoms with Gasteiger partial charge in [0.1, 0.15) is 0 Å². The van der Waals surface area contributed by atoms with Gasteiger partial charge in [0.2, 0.25) is 0 Å². The Hall–Kier alpha value is -1.84. The molecule has 1 heterocycles. The lowest BCUT2D eigenvalue weighted by atomic mass is 9.74. The van der Waals surface area contributed by atoms with Crippen LogP contribution in [0.5, 0.6) is 0 Å². The minimum absolute atomic E-state index is 0.0618. The van der Waals surface area contributed by atoms with Crippen molar-refractivity contribution in [3.05, 3.63) is 70.7 Å². The van der Waals surface area contributed by atoms with E-state index in [0.29, 0.717) is 17.1 Å². The molecule has 0 spiro atoms. The van der Waals surface area contributed by atoms with Crippen LogP contribution in [0.25, 0.3) is 0 Å². The van der Waals surface area contributed by atoms with Gasteiger partial charge < -0.3 is 10.1 Å². The van der Waals surface area contributed by atoms with Gasteiger partial charge in [-0.25, -0.2) is 0 Å². The lowest BCUT2D eigenvalue weighted by molar-refractivity contribution is 0.0487. The Bertz CT molecular complexity index is 666. The Morgan fingerprint density at radius 3 is 2.52 bits per heavy atom. The summed E-state index contributed by atoms with van der Waals surface area (Å²) in [6, 6.07) is 17.4. The van der Waals surface area contributed by atoms with Crippen LogP contribution >= 0.6 is 11.6 Å². The van der Waals surface area contributed by atoms with Crippen LogP contribution in [0.1, 0.15) is 28.8 Å². The van der Waals surface area contributed by atoms with Crippen molar-refractivity contribution in [1.29, 1.82) is 0 Å². The number of hydrogen-bond donors (Lipinski definition) is 1. The van der Waals surface area contributed by atoms with Gasteiger partial charge in [-0.15, -0.1) is 0 Å².